The number of oxime groups is 1. The molecule has 0 fully saturated rings. The summed E-state index contributed by atoms with van der Waals surface area (Å²) in [5.41, 5.74) is 2.27. The highest BCUT2D eigenvalue weighted by atomic mass is 16.6. The van der Waals surface area contributed by atoms with Crippen LogP contribution in [0.4, 0.5) is 0 Å². The highest BCUT2D eigenvalue weighted by molar-refractivity contribution is 5.82. The Kier molecular flexibility index (Phi) is 4.74. The third-order valence-corrected chi connectivity index (χ3v) is 2.71. The zero-order chi connectivity index (χ0) is 14.2. The van der Waals surface area contributed by atoms with Crippen molar-refractivity contribution in [3.8, 4) is 11.8 Å². The van der Waals surface area contributed by atoms with Crippen molar-refractivity contribution in [2.45, 2.75) is 6.61 Å². The van der Waals surface area contributed by atoms with E-state index < -0.39 is 0 Å². The molecule has 100 valence electrons. The van der Waals surface area contributed by atoms with Crippen LogP contribution in [0.5, 0.6) is 5.75 Å². The van der Waals surface area contributed by atoms with Crippen molar-refractivity contribution in [2.75, 3.05) is 7.11 Å². The molecular formula is C16H14N2O2. The lowest BCUT2D eigenvalue weighted by Gasteiger charge is -2.03. The molecule has 20 heavy (non-hydrogen) atoms. The van der Waals surface area contributed by atoms with Crippen LogP contribution in [0, 0.1) is 11.3 Å². The van der Waals surface area contributed by atoms with E-state index in [1.165, 1.54) is 0 Å². The average molecular weight is 266 g/mol. The van der Waals surface area contributed by atoms with Crippen LogP contribution in [0.15, 0.2) is 53.7 Å². The lowest BCUT2D eigenvalue weighted by Crippen LogP contribution is -1.91. The minimum absolute atomic E-state index is 0.350. The van der Waals surface area contributed by atoms with Gasteiger partial charge in [-0.15, -0.1) is 0 Å². The van der Waals surface area contributed by atoms with Crippen LogP contribution < -0.4 is 4.74 Å². The van der Waals surface area contributed by atoms with Crippen LogP contribution in [0.2, 0.25) is 0 Å². The maximum Gasteiger partial charge on any atom is 0.142 e. The van der Waals surface area contributed by atoms with E-state index >= 15 is 0 Å². The second-order valence-electron chi connectivity index (χ2n) is 4.06. The van der Waals surface area contributed by atoms with Crippen molar-refractivity contribution in [3.05, 3.63) is 65.2 Å². The Hall–Kier alpha value is -2.80. The number of benzene rings is 2. The average Bonchev–Trinajstić information content (AvgIpc) is 2.52. The van der Waals surface area contributed by atoms with Crippen molar-refractivity contribution in [1.29, 1.82) is 5.26 Å². The molecule has 0 N–H and O–H groups in total. The first-order valence-corrected chi connectivity index (χ1v) is 6.11. The Balaban J connectivity index is 1.95. The van der Waals surface area contributed by atoms with Gasteiger partial charge in [-0.25, -0.2) is 0 Å². The SMILES string of the molecule is COc1cccc(CON=Cc2ccccc2C#N)c1. The molecule has 0 atom stereocenters. The largest absolute Gasteiger partial charge is 0.497 e. The topological polar surface area (TPSA) is 54.6 Å². The quantitative estimate of drug-likeness (QED) is 0.617. The first-order valence-electron chi connectivity index (χ1n) is 6.11. The molecule has 0 spiro atoms. The number of ether oxygens (including phenoxy) is 1. The van der Waals surface area contributed by atoms with Crippen molar-refractivity contribution in [2.24, 2.45) is 5.16 Å². The lowest BCUT2D eigenvalue weighted by atomic mass is 10.1. The fourth-order valence-corrected chi connectivity index (χ4v) is 1.68. The number of hydrogen-bond acceptors (Lipinski definition) is 4. The molecule has 2 rings (SSSR count). The third kappa shape index (κ3) is 3.59. The standard InChI is InChI=1S/C16H14N2O2/c1-19-16-8-4-5-13(9-16)12-20-18-11-15-7-3-2-6-14(15)10-17/h2-9,11H,12H2,1H3. The van der Waals surface area contributed by atoms with Gasteiger partial charge in [-0.3, -0.25) is 0 Å². The highest BCUT2D eigenvalue weighted by Gasteiger charge is 1.98. The molecule has 0 saturated carbocycles. The van der Waals surface area contributed by atoms with Gasteiger partial charge in [0.25, 0.3) is 0 Å². The van der Waals surface area contributed by atoms with Gasteiger partial charge < -0.3 is 9.57 Å². The predicted octanol–water partition coefficient (Wildman–Crippen LogP) is 3.12. The van der Waals surface area contributed by atoms with Gasteiger partial charge in [0.05, 0.1) is 25.0 Å². The van der Waals surface area contributed by atoms with Gasteiger partial charge in [-0.1, -0.05) is 35.5 Å². The van der Waals surface area contributed by atoms with Crippen LogP contribution in [0.3, 0.4) is 0 Å². The molecule has 0 radical (unpaired) electrons. The molecule has 0 aromatic heterocycles. The van der Waals surface area contributed by atoms with Crippen molar-refractivity contribution >= 4 is 6.21 Å². The summed E-state index contributed by atoms with van der Waals surface area (Å²) in [5, 5.41) is 12.8. The third-order valence-electron chi connectivity index (χ3n) is 2.71. The predicted molar refractivity (Wildman–Crippen MR) is 76.5 cm³/mol. The van der Waals surface area contributed by atoms with E-state index in [2.05, 4.69) is 11.2 Å². The van der Waals surface area contributed by atoms with Gasteiger partial charge >= 0.3 is 0 Å². The molecule has 0 aliphatic carbocycles. The lowest BCUT2D eigenvalue weighted by molar-refractivity contribution is 0.132. The zero-order valence-electron chi connectivity index (χ0n) is 11.1. The Bertz CT molecular complexity index is 645. The van der Waals surface area contributed by atoms with Gasteiger partial charge in [0.15, 0.2) is 0 Å². The molecule has 2 aromatic rings. The van der Waals surface area contributed by atoms with Crippen LogP contribution >= 0.6 is 0 Å². The molecule has 0 amide bonds. The number of nitrogens with zero attached hydrogens (tertiary/aromatic N) is 2. The van der Waals surface area contributed by atoms with Crippen molar-refractivity contribution < 1.29 is 9.57 Å². The maximum absolute atomic E-state index is 8.94. The Morgan fingerprint density at radius 2 is 2.05 bits per heavy atom. The molecule has 4 heteroatoms. The monoisotopic (exact) mass is 266 g/mol. The van der Waals surface area contributed by atoms with Gasteiger partial charge in [-0.05, 0) is 23.8 Å². The first-order chi connectivity index (χ1) is 9.83. The number of hydrogen-bond donors (Lipinski definition) is 0. The van der Waals surface area contributed by atoms with Crippen molar-refractivity contribution in [1.82, 2.24) is 0 Å². The number of rotatable bonds is 5. The summed E-state index contributed by atoms with van der Waals surface area (Å²) in [7, 11) is 1.62. The molecule has 0 saturated heterocycles. The molecule has 0 heterocycles. The van der Waals surface area contributed by atoms with Crippen LogP contribution in [0.1, 0.15) is 16.7 Å². The molecule has 0 aliphatic heterocycles. The van der Waals surface area contributed by atoms with Gasteiger partial charge in [0.1, 0.15) is 12.4 Å². The summed E-state index contributed by atoms with van der Waals surface area (Å²) in [6.07, 6.45) is 1.54. The minimum atomic E-state index is 0.350. The van der Waals surface area contributed by atoms with Gasteiger partial charge in [0, 0.05) is 5.56 Å². The fraction of sp³-hybridized carbons (Fsp3) is 0.125. The number of methoxy groups -OCH3 is 1. The molecule has 2 aromatic carbocycles. The van der Waals surface area contributed by atoms with E-state index in [1.807, 2.05) is 42.5 Å². The second-order valence-corrected chi connectivity index (χ2v) is 4.06. The van der Waals surface area contributed by atoms with Crippen LogP contribution in [-0.2, 0) is 11.4 Å². The number of nitriles is 1. The van der Waals surface area contributed by atoms with Crippen LogP contribution in [-0.4, -0.2) is 13.3 Å². The minimum Gasteiger partial charge on any atom is -0.497 e. The Labute approximate surface area is 117 Å². The normalized spacial score (nSPS) is 10.2. The summed E-state index contributed by atoms with van der Waals surface area (Å²) < 4.78 is 5.13. The van der Waals surface area contributed by atoms with E-state index in [4.69, 9.17) is 14.8 Å². The first kappa shape index (κ1) is 13.6. The summed E-state index contributed by atoms with van der Waals surface area (Å²) in [5.74, 6) is 0.782. The van der Waals surface area contributed by atoms with E-state index in [0.717, 1.165) is 16.9 Å². The summed E-state index contributed by atoms with van der Waals surface area (Å²) >= 11 is 0. The molecule has 0 bridgehead atoms. The van der Waals surface area contributed by atoms with Crippen LogP contribution in [0.25, 0.3) is 0 Å². The van der Waals surface area contributed by atoms with Crippen molar-refractivity contribution in [3.63, 3.8) is 0 Å². The molecule has 4 nitrogen and oxygen atoms in total. The summed E-state index contributed by atoms with van der Waals surface area (Å²) in [6, 6.07) is 16.9. The Morgan fingerprint density at radius 3 is 2.85 bits per heavy atom. The van der Waals surface area contributed by atoms with E-state index in [0.29, 0.717) is 12.2 Å². The van der Waals surface area contributed by atoms with Gasteiger partial charge in [0.2, 0.25) is 0 Å². The summed E-state index contributed by atoms with van der Waals surface area (Å²) in [4.78, 5) is 5.23. The molecule has 0 aliphatic rings. The smallest absolute Gasteiger partial charge is 0.142 e. The molecule has 0 unspecified atom stereocenters. The van der Waals surface area contributed by atoms with Gasteiger partial charge in [-0.2, -0.15) is 5.26 Å². The Morgan fingerprint density at radius 1 is 1.20 bits per heavy atom. The van der Waals surface area contributed by atoms with E-state index in [9.17, 15) is 0 Å². The van der Waals surface area contributed by atoms with E-state index in [-0.39, 0.29) is 0 Å². The summed E-state index contributed by atoms with van der Waals surface area (Å²) in [6.45, 7) is 0.350. The molecular weight excluding hydrogens is 252 g/mol. The fourth-order valence-electron chi connectivity index (χ4n) is 1.68. The second kappa shape index (κ2) is 6.95. The van der Waals surface area contributed by atoms with E-state index in [1.54, 1.807) is 19.4 Å². The maximum atomic E-state index is 8.94. The zero-order valence-corrected chi connectivity index (χ0v) is 11.1. The highest BCUT2D eigenvalue weighted by Crippen LogP contribution is 2.13.